The highest BCUT2D eigenvalue weighted by Gasteiger charge is 2.36. The molecular formula is C90H54N12O3S3. The number of hydrogen-bond donors (Lipinski definition) is 0. The van der Waals surface area contributed by atoms with Crippen LogP contribution in [0.15, 0.2) is 357 Å². The van der Waals surface area contributed by atoms with E-state index in [1.165, 1.54) is 29.4 Å². The van der Waals surface area contributed by atoms with Crippen molar-refractivity contribution in [2.75, 3.05) is 29.4 Å². The maximum absolute atomic E-state index is 6.90. The Labute approximate surface area is 633 Å². The molecule has 0 saturated heterocycles. The molecule has 510 valence electrons. The smallest absolute Gasteiger partial charge is 0.161 e. The van der Waals surface area contributed by atoms with Gasteiger partial charge in [0, 0.05) is 82.9 Å². The van der Waals surface area contributed by atoms with Gasteiger partial charge in [0.1, 0.15) is 17.5 Å². The highest BCUT2D eigenvalue weighted by Crippen LogP contribution is 2.60. The maximum Gasteiger partial charge on any atom is 0.161 e. The third kappa shape index (κ3) is 10.2. The molecule has 0 spiro atoms. The average Bonchev–Trinajstić information content (AvgIpc) is 0.747. The van der Waals surface area contributed by atoms with Crippen molar-refractivity contribution in [1.29, 1.82) is 0 Å². The SMILES string of the molecule is c1ccc2c(c1)Oc1cc(N3c4ccccc4Sc4ccccc43)ccc1N2c1ccnc(-c2cc(-c3nccc(N4c5ccccc5Oc5cc(N6c7ccccc7Sc7ccccc76)ccc54)n3)cc(-c3nccc(N4c5ccccc5Oc5cc(N6c7ccccc7Sc7ccccc76)ccc54)n3)c2)n1. The fourth-order valence-corrected chi connectivity index (χ4v) is 18.4. The molecule has 0 fully saturated rings. The van der Waals surface area contributed by atoms with E-state index < -0.39 is 0 Å². The molecular weight excluding hydrogens is 1390 g/mol. The van der Waals surface area contributed by atoms with Crippen LogP contribution in [0.25, 0.3) is 34.2 Å². The van der Waals surface area contributed by atoms with Crippen LogP contribution in [-0.4, -0.2) is 29.9 Å². The lowest BCUT2D eigenvalue weighted by atomic mass is 10.0. The summed E-state index contributed by atoms with van der Waals surface area (Å²) < 4.78 is 20.7. The van der Waals surface area contributed by atoms with Gasteiger partial charge in [0.05, 0.1) is 85.3 Å². The Hall–Kier alpha value is -13.7. The molecule has 0 unspecified atom stereocenters. The van der Waals surface area contributed by atoms with Crippen LogP contribution >= 0.6 is 35.3 Å². The molecule has 0 aliphatic carbocycles. The van der Waals surface area contributed by atoms with E-state index in [0.29, 0.717) is 86.1 Å². The fraction of sp³-hybridized carbons (Fsp3) is 0. The summed E-state index contributed by atoms with van der Waals surface area (Å²) in [6.45, 7) is 0. The van der Waals surface area contributed by atoms with Gasteiger partial charge in [0.25, 0.3) is 0 Å². The summed E-state index contributed by atoms with van der Waals surface area (Å²) in [6, 6.07) is 107. The van der Waals surface area contributed by atoms with Crippen LogP contribution in [0.1, 0.15) is 0 Å². The first-order chi connectivity index (χ1) is 53.5. The molecule has 0 saturated carbocycles. The Bertz CT molecular complexity index is 5660. The lowest BCUT2D eigenvalue weighted by Crippen LogP contribution is -2.19. The van der Waals surface area contributed by atoms with E-state index in [0.717, 1.165) is 85.3 Å². The number of hydrogen-bond acceptors (Lipinski definition) is 18. The van der Waals surface area contributed by atoms with E-state index in [1.807, 2.05) is 91.4 Å². The topological polar surface area (TPSA) is 124 Å². The van der Waals surface area contributed by atoms with Crippen molar-refractivity contribution in [1.82, 2.24) is 29.9 Å². The van der Waals surface area contributed by atoms with Crippen molar-refractivity contribution in [3.63, 3.8) is 0 Å². The second-order valence-electron chi connectivity index (χ2n) is 26.3. The minimum absolute atomic E-state index is 0.442. The van der Waals surface area contributed by atoms with Gasteiger partial charge in [-0.05, 0) is 182 Å². The minimum Gasteiger partial charge on any atom is -0.453 e. The summed E-state index contributed by atoms with van der Waals surface area (Å²) in [7, 11) is 0. The van der Waals surface area contributed by atoms with Crippen molar-refractivity contribution in [3.8, 4) is 68.7 Å². The van der Waals surface area contributed by atoms with Crippen molar-refractivity contribution < 1.29 is 14.2 Å². The quantitative estimate of drug-likeness (QED) is 0.136. The van der Waals surface area contributed by atoms with Crippen molar-refractivity contribution in [3.05, 3.63) is 328 Å². The summed E-state index contributed by atoms with van der Waals surface area (Å²) >= 11 is 5.33. The second kappa shape index (κ2) is 25.0. The molecule has 0 atom stereocenters. The number of anilines is 18. The van der Waals surface area contributed by atoms with Gasteiger partial charge in [-0.15, -0.1) is 0 Å². The second-order valence-corrected chi connectivity index (χ2v) is 29.6. The predicted molar refractivity (Wildman–Crippen MR) is 430 cm³/mol. The average molecular weight is 1450 g/mol. The lowest BCUT2D eigenvalue weighted by molar-refractivity contribution is 0.476. The summed E-state index contributed by atoms with van der Waals surface area (Å²) in [5.74, 6) is 7.26. The fourth-order valence-electron chi connectivity index (χ4n) is 15.2. The van der Waals surface area contributed by atoms with Crippen LogP contribution in [0.2, 0.25) is 0 Å². The lowest BCUT2D eigenvalue weighted by Gasteiger charge is -2.35. The molecule has 9 heterocycles. The Morgan fingerprint density at radius 2 is 0.435 bits per heavy atom. The van der Waals surface area contributed by atoms with Gasteiger partial charge in [0.15, 0.2) is 52.0 Å². The number of ether oxygens (including phenoxy) is 3. The normalized spacial score (nSPS) is 13.6. The summed E-state index contributed by atoms with van der Waals surface area (Å²) in [5.41, 5.74) is 16.4. The van der Waals surface area contributed by atoms with Crippen LogP contribution in [0.4, 0.5) is 103 Å². The monoisotopic (exact) mass is 1450 g/mol. The number of rotatable bonds is 9. The van der Waals surface area contributed by atoms with Crippen molar-refractivity contribution >= 4 is 138 Å². The maximum atomic E-state index is 6.90. The van der Waals surface area contributed by atoms with Crippen LogP contribution < -0.4 is 43.6 Å². The number of para-hydroxylation sites is 12. The molecule has 0 amide bonds. The molecule has 6 aliphatic heterocycles. The van der Waals surface area contributed by atoms with Gasteiger partial charge < -0.3 is 28.9 Å². The Kier molecular flexibility index (Phi) is 14.3. The van der Waals surface area contributed by atoms with Gasteiger partial charge in [-0.3, -0.25) is 14.7 Å². The Morgan fingerprint density at radius 3 is 0.704 bits per heavy atom. The van der Waals surface area contributed by atoms with Gasteiger partial charge in [-0.1, -0.05) is 144 Å². The molecule has 18 heteroatoms. The van der Waals surface area contributed by atoms with Crippen molar-refractivity contribution in [2.24, 2.45) is 0 Å². The van der Waals surface area contributed by atoms with E-state index in [-0.39, 0.29) is 0 Å². The highest BCUT2D eigenvalue weighted by atomic mass is 32.2. The number of benzene rings is 13. The molecule has 15 nitrogen and oxygen atoms in total. The zero-order valence-electron chi connectivity index (χ0n) is 57.0. The molecule has 16 aromatic rings. The Balaban J connectivity index is 0.679. The molecule has 22 rings (SSSR count). The third-order valence-corrected chi connectivity index (χ3v) is 23.3. The summed E-state index contributed by atoms with van der Waals surface area (Å²) in [6.07, 6.45) is 5.43. The third-order valence-electron chi connectivity index (χ3n) is 19.9. The van der Waals surface area contributed by atoms with Gasteiger partial charge in [-0.2, -0.15) is 0 Å². The van der Waals surface area contributed by atoms with Crippen LogP contribution in [0.3, 0.4) is 0 Å². The zero-order chi connectivity index (χ0) is 70.9. The molecule has 3 aromatic heterocycles. The van der Waals surface area contributed by atoms with Crippen molar-refractivity contribution in [2.45, 2.75) is 29.4 Å². The van der Waals surface area contributed by atoms with E-state index >= 15 is 0 Å². The Morgan fingerprint density at radius 1 is 0.204 bits per heavy atom. The van der Waals surface area contributed by atoms with E-state index in [9.17, 15) is 0 Å². The summed E-state index contributed by atoms with van der Waals surface area (Å²) in [4.78, 5) is 52.3. The van der Waals surface area contributed by atoms with E-state index in [4.69, 9.17) is 44.1 Å². The number of fused-ring (bicyclic) bond motifs is 12. The largest absolute Gasteiger partial charge is 0.453 e. The molecule has 0 radical (unpaired) electrons. The predicted octanol–water partition coefficient (Wildman–Crippen LogP) is 25.6. The molecule has 6 aliphatic rings. The first kappa shape index (κ1) is 61.8. The van der Waals surface area contributed by atoms with Gasteiger partial charge in [0.2, 0.25) is 0 Å². The first-order valence-corrected chi connectivity index (χ1v) is 37.7. The van der Waals surface area contributed by atoms with Gasteiger partial charge >= 0.3 is 0 Å². The molecule has 0 N–H and O–H groups in total. The zero-order valence-corrected chi connectivity index (χ0v) is 59.4. The standard InChI is InChI=1S/C90H54N12O3S3/c1-10-28-73-61(19-1)100(64-40-37-58(52-76(64)103-73)97-67-22-4-13-31-79(67)106-80-32-14-5-23-68(80)97)85-43-46-91-88(94-85)55-49-56(89-92-47-44-86(95-89)101-62-20-2-11-29-74(62)104-77-53-59(38-41-65(77)101)98-69-24-6-15-33-81(69)107-82-34-16-7-25-70(82)98)51-57(50-55)90-93-48-45-87(96-90)102-63-21-3-12-30-75(63)105-78-54-60(39-42-66(78)102)99-71-26-8-17-35-83(71)108-84-36-18-9-27-72(84)99/h1-54H. The van der Waals surface area contributed by atoms with Crippen LogP contribution in [0.5, 0.6) is 34.5 Å². The van der Waals surface area contributed by atoms with Crippen LogP contribution in [0, 0.1) is 0 Å². The minimum atomic E-state index is 0.442. The van der Waals surface area contributed by atoms with Crippen LogP contribution in [-0.2, 0) is 0 Å². The van der Waals surface area contributed by atoms with E-state index in [1.54, 1.807) is 35.3 Å². The van der Waals surface area contributed by atoms with Gasteiger partial charge in [-0.25, -0.2) is 29.9 Å². The molecule has 108 heavy (non-hydrogen) atoms. The number of nitrogens with zero attached hydrogens (tertiary/aromatic N) is 12. The van der Waals surface area contributed by atoms with E-state index in [2.05, 4.69) is 266 Å². The molecule has 13 aromatic carbocycles. The summed E-state index contributed by atoms with van der Waals surface area (Å²) in [5, 5.41) is 0. The first-order valence-electron chi connectivity index (χ1n) is 35.3. The highest BCUT2D eigenvalue weighted by molar-refractivity contribution is 8.00. The number of aromatic nitrogens is 6. The molecule has 0 bridgehead atoms.